The summed E-state index contributed by atoms with van der Waals surface area (Å²) in [6, 6.07) is 9.05. The highest BCUT2D eigenvalue weighted by Crippen LogP contribution is 2.29. The molecule has 0 heterocycles. The summed E-state index contributed by atoms with van der Waals surface area (Å²) in [5.41, 5.74) is 1.84. The van der Waals surface area contributed by atoms with Crippen molar-refractivity contribution >= 4 is 17.4 Å². The number of rotatable bonds is 4. The van der Waals surface area contributed by atoms with Gasteiger partial charge in [-0.3, -0.25) is 0 Å². The predicted molar refractivity (Wildman–Crippen MR) is 82.7 cm³/mol. The third-order valence-electron chi connectivity index (χ3n) is 3.65. The van der Waals surface area contributed by atoms with Crippen molar-refractivity contribution in [2.75, 3.05) is 11.1 Å². The van der Waals surface area contributed by atoms with Gasteiger partial charge in [0.25, 0.3) is 0 Å². The Bertz CT molecular complexity index is 443. The molecule has 1 aliphatic carbocycles. The summed E-state index contributed by atoms with van der Waals surface area (Å²) in [6.45, 7) is 2.12. The Morgan fingerprint density at radius 1 is 1.26 bits per heavy atom. The van der Waals surface area contributed by atoms with Crippen molar-refractivity contribution in [2.45, 2.75) is 56.4 Å². The van der Waals surface area contributed by atoms with Gasteiger partial charge < -0.3 is 5.32 Å². The van der Waals surface area contributed by atoms with Crippen LogP contribution in [0.25, 0.3) is 0 Å². The van der Waals surface area contributed by atoms with Crippen LogP contribution in [0.3, 0.4) is 0 Å². The molecule has 0 atom stereocenters. The van der Waals surface area contributed by atoms with E-state index in [9.17, 15) is 5.26 Å². The number of hydrogen-bond acceptors (Lipinski definition) is 3. The van der Waals surface area contributed by atoms with Crippen molar-refractivity contribution in [2.24, 2.45) is 0 Å². The molecule has 0 aliphatic heterocycles. The highest BCUT2D eigenvalue weighted by molar-refractivity contribution is 7.99. The van der Waals surface area contributed by atoms with Crippen LogP contribution in [0.5, 0.6) is 0 Å². The lowest BCUT2D eigenvalue weighted by atomic mass is 10.1. The first-order valence-electron chi connectivity index (χ1n) is 7.27. The second-order valence-corrected chi connectivity index (χ2v) is 6.36. The Labute approximate surface area is 120 Å². The minimum Gasteiger partial charge on any atom is -0.381 e. The highest BCUT2D eigenvalue weighted by atomic mass is 32.2. The van der Waals surface area contributed by atoms with Gasteiger partial charge >= 0.3 is 0 Å². The number of nitrogens with one attached hydrogen (secondary N) is 1. The average molecular weight is 274 g/mol. The van der Waals surface area contributed by atoms with Crippen LogP contribution in [-0.4, -0.2) is 11.8 Å². The monoisotopic (exact) mass is 274 g/mol. The molecule has 19 heavy (non-hydrogen) atoms. The van der Waals surface area contributed by atoms with E-state index in [4.69, 9.17) is 0 Å². The third kappa shape index (κ3) is 3.91. The second kappa shape index (κ2) is 7.45. The van der Waals surface area contributed by atoms with Crippen molar-refractivity contribution in [3.05, 3.63) is 23.8 Å². The van der Waals surface area contributed by atoms with E-state index in [1.807, 2.05) is 12.1 Å². The number of thioether (sulfide) groups is 1. The second-order valence-electron chi connectivity index (χ2n) is 5.06. The summed E-state index contributed by atoms with van der Waals surface area (Å²) in [7, 11) is 0. The van der Waals surface area contributed by atoms with Gasteiger partial charge in [-0.25, -0.2) is 0 Å². The van der Waals surface area contributed by atoms with Gasteiger partial charge in [0.15, 0.2) is 0 Å². The summed E-state index contributed by atoms with van der Waals surface area (Å²) in [4.78, 5) is 1.10. The van der Waals surface area contributed by atoms with E-state index in [0.717, 1.165) is 21.9 Å². The molecule has 2 rings (SSSR count). The van der Waals surface area contributed by atoms with Crippen LogP contribution < -0.4 is 5.32 Å². The first kappa shape index (κ1) is 14.3. The van der Waals surface area contributed by atoms with Crippen molar-refractivity contribution in [3.63, 3.8) is 0 Å². The van der Waals surface area contributed by atoms with Gasteiger partial charge in [0, 0.05) is 10.9 Å². The van der Waals surface area contributed by atoms with Crippen LogP contribution in [0.1, 0.15) is 51.0 Å². The number of anilines is 1. The summed E-state index contributed by atoms with van der Waals surface area (Å²) in [6.07, 6.45) is 7.79. The minimum absolute atomic E-state index is 0.538. The Morgan fingerprint density at radius 3 is 2.63 bits per heavy atom. The SMILES string of the molecule is CCSc1cccc(NC2CCCCCC2)c1C#N. The zero-order valence-electron chi connectivity index (χ0n) is 11.6. The average Bonchev–Trinajstić information content (AvgIpc) is 2.68. The summed E-state index contributed by atoms with van der Waals surface area (Å²) in [5.74, 6) is 1.00. The van der Waals surface area contributed by atoms with Crippen molar-refractivity contribution in [1.29, 1.82) is 5.26 Å². The molecule has 0 saturated heterocycles. The van der Waals surface area contributed by atoms with Crippen LogP contribution in [0.4, 0.5) is 5.69 Å². The topological polar surface area (TPSA) is 35.8 Å². The van der Waals surface area contributed by atoms with Crippen LogP contribution in [0.2, 0.25) is 0 Å². The van der Waals surface area contributed by atoms with E-state index in [1.165, 1.54) is 38.5 Å². The number of nitrogens with zero attached hydrogens (tertiary/aromatic N) is 1. The van der Waals surface area contributed by atoms with E-state index in [0.29, 0.717) is 6.04 Å². The largest absolute Gasteiger partial charge is 0.381 e. The van der Waals surface area contributed by atoms with Crippen molar-refractivity contribution in [3.8, 4) is 6.07 Å². The maximum atomic E-state index is 9.41. The van der Waals surface area contributed by atoms with Gasteiger partial charge in [-0.1, -0.05) is 38.7 Å². The van der Waals surface area contributed by atoms with Crippen molar-refractivity contribution in [1.82, 2.24) is 0 Å². The molecule has 102 valence electrons. The zero-order valence-corrected chi connectivity index (χ0v) is 12.4. The van der Waals surface area contributed by atoms with Gasteiger partial charge in [0.1, 0.15) is 6.07 Å². The molecule has 0 spiro atoms. The predicted octanol–water partition coefficient (Wildman–Crippen LogP) is 4.80. The van der Waals surface area contributed by atoms with E-state index in [1.54, 1.807) is 11.8 Å². The Balaban J connectivity index is 2.14. The third-order valence-corrected chi connectivity index (χ3v) is 4.59. The molecule has 0 amide bonds. The standard InChI is InChI=1S/C16H22N2S/c1-2-19-16-11-7-10-15(14(16)12-17)18-13-8-5-3-4-6-9-13/h7,10-11,13,18H,2-6,8-9H2,1H3. The van der Waals surface area contributed by atoms with Crippen LogP contribution in [-0.2, 0) is 0 Å². The van der Waals surface area contributed by atoms with Crippen LogP contribution in [0, 0.1) is 11.3 Å². The van der Waals surface area contributed by atoms with Crippen LogP contribution >= 0.6 is 11.8 Å². The lowest BCUT2D eigenvalue weighted by Crippen LogP contribution is -2.19. The Kier molecular flexibility index (Phi) is 5.60. The highest BCUT2D eigenvalue weighted by Gasteiger charge is 2.15. The molecule has 2 nitrogen and oxygen atoms in total. The summed E-state index contributed by atoms with van der Waals surface area (Å²) in [5, 5.41) is 13.0. The normalized spacial score (nSPS) is 16.6. The Morgan fingerprint density at radius 2 is 2.00 bits per heavy atom. The zero-order chi connectivity index (χ0) is 13.5. The maximum Gasteiger partial charge on any atom is 0.102 e. The fourth-order valence-electron chi connectivity index (χ4n) is 2.69. The quantitative estimate of drug-likeness (QED) is 0.632. The molecule has 1 saturated carbocycles. The number of hydrogen-bond donors (Lipinski definition) is 1. The summed E-state index contributed by atoms with van der Waals surface area (Å²) < 4.78 is 0. The molecule has 3 heteroatoms. The molecule has 1 fully saturated rings. The first-order chi connectivity index (χ1) is 9.35. The molecule has 0 radical (unpaired) electrons. The van der Waals surface area contributed by atoms with E-state index >= 15 is 0 Å². The fraction of sp³-hybridized carbons (Fsp3) is 0.562. The molecule has 1 N–H and O–H groups in total. The molecular formula is C16H22N2S. The fourth-order valence-corrected chi connectivity index (χ4v) is 3.47. The van der Waals surface area contributed by atoms with Gasteiger partial charge in [0.2, 0.25) is 0 Å². The number of nitriles is 1. The van der Waals surface area contributed by atoms with E-state index in [-0.39, 0.29) is 0 Å². The molecular weight excluding hydrogens is 252 g/mol. The van der Waals surface area contributed by atoms with Gasteiger partial charge in [-0.15, -0.1) is 11.8 Å². The lowest BCUT2D eigenvalue weighted by molar-refractivity contribution is 0.619. The van der Waals surface area contributed by atoms with Gasteiger partial charge in [0.05, 0.1) is 11.3 Å². The molecule has 0 aromatic heterocycles. The van der Waals surface area contributed by atoms with E-state index in [2.05, 4.69) is 24.4 Å². The number of benzene rings is 1. The first-order valence-corrected chi connectivity index (χ1v) is 8.26. The minimum atomic E-state index is 0.538. The van der Waals surface area contributed by atoms with Gasteiger partial charge in [-0.2, -0.15) is 5.26 Å². The van der Waals surface area contributed by atoms with Crippen LogP contribution in [0.15, 0.2) is 23.1 Å². The molecule has 1 aromatic rings. The smallest absolute Gasteiger partial charge is 0.102 e. The molecule has 0 unspecified atom stereocenters. The summed E-state index contributed by atoms with van der Waals surface area (Å²) >= 11 is 1.74. The Hall–Kier alpha value is -1.14. The molecule has 1 aliphatic rings. The van der Waals surface area contributed by atoms with E-state index < -0.39 is 0 Å². The lowest BCUT2D eigenvalue weighted by Gasteiger charge is -2.19. The molecule has 1 aromatic carbocycles. The maximum absolute atomic E-state index is 9.41. The van der Waals surface area contributed by atoms with Crippen molar-refractivity contribution < 1.29 is 0 Å². The molecule has 0 bridgehead atoms. The van der Waals surface area contributed by atoms with Gasteiger partial charge in [-0.05, 0) is 30.7 Å².